The zero-order valence-electron chi connectivity index (χ0n) is 9.29. The normalized spacial score (nSPS) is 11.4. The zero-order chi connectivity index (χ0) is 11.3. The second-order valence-electron chi connectivity index (χ2n) is 4.32. The minimum absolute atomic E-state index is 0.645. The average Bonchev–Trinajstić information content (AvgIpc) is 2.52. The molecule has 0 saturated heterocycles. The molecule has 0 amide bonds. The molecule has 1 heterocycles. The van der Waals surface area contributed by atoms with Crippen molar-refractivity contribution in [3.63, 3.8) is 0 Å². The van der Waals surface area contributed by atoms with Crippen LogP contribution in [0.1, 0.15) is 11.1 Å². The first-order valence-corrected chi connectivity index (χ1v) is 5.34. The highest BCUT2D eigenvalue weighted by molar-refractivity contribution is 6.08. The number of nitrogens with zero attached hydrogens (tertiary/aromatic N) is 1. The number of halogens is 1. The van der Waals surface area contributed by atoms with Crippen LogP contribution in [0, 0.1) is 13.8 Å². The molecule has 0 bridgehead atoms. The standard InChI is InChI=1S/C14H12FN/c1-9-3-5-13-11(7-9)12-8-10(2)4-6-14(12)16(13)15/h3-8H,1-2H3. The Bertz CT molecular complexity index is 635. The molecule has 16 heavy (non-hydrogen) atoms. The Labute approximate surface area is 93.0 Å². The highest BCUT2D eigenvalue weighted by atomic mass is 19.2. The molecule has 0 radical (unpaired) electrons. The predicted molar refractivity (Wildman–Crippen MR) is 65.4 cm³/mol. The van der Waals surface area contributed by atoms with E-state index < -0.39 is 0 Å². The quantitative estimate of drug-likeness (QED) is 0.528. The number of aromatic nitrogens is 1. The lowest BCUT2D eigenvalue weighted by atomic mass is 10.1. The van der Waals surface area contributed by atoms with E-state index in [0.717, 1.165) is 26.7 Å². The third-order valence-electron chi connectivity index (χ3n) is 3.02. The molecule has 0 atom stereocenters. The van der Waals surface area contributed by atoms with Crippen LogP contribution >= 0.6 is 0 Å². The van der Waals surface area contributed by atoms with Gasteiger partial charge in [0.25, 0.3) is 0 Å². The van der Waals surface area contributed by atoms with E-state index in [4.69, 9.17) is 0 Å². The lowest BCUT2D eigenvalue weighted by molar-refractivity contribution is 0.405. The Hall–Kier alpha value is -1.83. The molecule has 0 aliphatic carbocycles. The van der Waals surface area contributed by atoms with Gasteiger partial charge < -0.3 is 0 Å². The molecule has 3 aromatic rings. The Kier molecular flexibility index (Phi) is 1.81. The van der Waals surface area contributed by atoms with Crippen LogP contribution in [0.5, 0.6) is 0 Å². The van der Waals surface area contributed by atoms with Gasteiger partial charge in [-0.15, -0.1) is 0 Å². The van der Waals surface area contributed by atoms with Gasteiger partial charge in [-0.2, -0.15) is 4.79 Å². The van der Waals surface area contributed by atoms with Crippen molar-refractivity contribution in [2.45, 2.75) is 13.8 Å². The van der Waals surface area contributed by atoms with Gasteiger partial charge in [-0.25, -0.2) is 0 Å². The van der Waals surface area contributed by atoms with Gasteiger partial charge in [-0.3, -0.25) is 0 Å². The van der Waals surface area contributed by atoms with E-state index in [1.165, 1.54) is 0 Å². The van der Waals surface area contributed by atoms with Gasteiger partial charge in [0.15, 0.2) is 0 Å². The van der Waals surface area contributed by atoms with Gasteiger partial charge in [0.05, 0.1) is 11.0 Å². The summed E-state index contributed by atoms with van der Waals surface area (Å²) >= 11 is 0. The third-order valence-corrected chi connectivity index (χ3v) is 3.02. The van der Waals surface area contributed by atoms with Crippen LogP contribution in [0.15, 0.2) is 36.4 Å². The maximum atomic E-state index is 14.0. The van der Waals surface area contributed by atoms with E-state index >= 15 is 0 Å². The average molecular weight is 213 g/mol. The summed E-state index contributed by atoms with van der Waals surface area (Å²) in [4.78, 5) is 0.767. The van der Waals surface area contributed by atoms with Crippen LogP contribution in [0.3, 0.4) is 0 Å². The SMILES string of the molecule is Cc1ccc2c(c1)c1cc(C)ccc1n2F. The van der Waals surface area contributed by atoms with Crippen molar-refractivity contribution >= 4 is 21.8 Å². The molecule has 0 N–H and O–H groups in total. The van der Waals surface area contributed by atoms with Crippen molar-refractivity contribution in [2.75, 3.05) is 0 Å². The van der Waals surface area contributed by atoms with Crippen molar-refractivity contribution in [1.82, 2.24) is 4.79 Å². The first kappa shape index (κ1) is 9.40. The first-order chi connectivity index (χ1) is 7.66. The summed E-state index contributed by atoms with van der Waals surface area (Å²) < 4.78 is 14.0. The maximum Gasteiger partial charge on any atom is 0.0826 e. The van der Waals surface area contributed by atoms with Crippen LogP contribution < -0.4 is 0 Å². The topological polar surface area (TPSA) is 4.93 Å². The summed E-state index contributed by atoms with van der Waals surface area (Å²) in [5.41, 5.74) is 3.60. The molecule has 0 unspecified atom stereocenters. The lowest BCUT2D eigenvalue weighted by Crippen LogP contribution is -1.80. The van der Waals surface area contributed by atoms with Crippen molar-refractivity contribution in [3.8, 4) is 0 Å². The molecule has 2 heteroatoms. The number of rotatable bonds is 0. The number of fused-ring (bicyclic) bond motifs is 3. The molecule has 0 saturated carbocycles. The summed E-state index contributed by atoms with van der Waals surface area (Å²) in [6.45, 7) is 4.05. The van der Waals surface area contributed by atoms with E-state index in [1.54, 1.807) is 0 Å². The first-order valence-electron chi connectivity index (χ1n) is 5.34. The van der Waals surface area contributed by atoms with Gasteiger partial charge in [0, 0.05) is 10.8 Å². The van der Waals surface area contributed by atoms with Crippen LogP contribution in [-0.4, -0.2) is 4.79 Å². The van der Waals surface area contributed by atoms with E-state index in [0.29, 0.717) is 11.0 Å². The second kappa shape index (κ2) is 3.08. The Balaban J connectivity index is 2.60. The molecule has 1 nitrogen and oxygen atoms in total. The van der Waals surface area contributed by atoms with Crippen molar-refractivity contribution in [3.05, 3.63) is 47.5 Å². The molecule has 2 aromatic carbocycles. The van der Waals surface area contributed by atoms with Gasteiger partial charge >= 0.3 is 0 Å². The smallest absolute Gasteiger partial charge is 0.0826 e. The van der Waals surface area contributed by atoms with Crippen LogP contribution in [-0.2, 0) is 0 Å². The fourth-order valence-electron chi connectivity index (χ4n) is 2.20. The molecule has 0 aliphatic rings. The van der Waals surface area contributed by atoms with Crippen LogP contribution in [0.4, 0.5) is 4.48 Å². The highest BCUT2D eigenvalue weighted by Gasteiger charge is 2.09. The van der Waals surface area contributed by atoms with E-state index in [9.17, 15) is 4.48 Å². The summed E-state index contributed by atoms with van der Waals surface area (Å²) in [5.74, 6) is 0. The second-order valence-corrected chi connectivity index (χ2v) is 4.32. The number of hydrogen-bond acceptors (Lipinski definition) is 0. The summed E-state index contributed by atoms with van der Waals surface area (Å²) in [5, 5.41) is 1.97. The van der Waals surface area contributed by atoms with E-state index in [1.807, 2.05) is 50.2 Å². The molecule has 3 rings (SSSR count). The van der Waals surface area contributed by atoms with Crippen molar-refractivity contribution in [1.29, 1.82) is 0 Å². The van der Waals surface area contributed by atoms with Crippen LogP contribution in [0.2, 0.25) is 0 Å². The third kappa shape index (κ3) is 1.16. The number of benzene rings is 2. The van der Waals surface area contributed by atoms with Crippen molar-refractivity contribution in [2.24, 2.45) is 0 Å². The number of aryl methyl sites for hydroxylation is 2. The highest BCUT2D eigenvalue weighted by Crippen LogP contribution is 2.30. The predicted octanol–water partition coefficient (Wildman–Crippen LogP) is 4.14. The Morgan fingerprint density at radius 1 is 0.812 bits per heavy atom. The fourth-order valence-corrected chi connectivity index (χ4v) is 2.20. The van der Waals surface area contributed by atoms with Crippen LogP contribution in [0.25, 0.3) is 21.8 Å². The largest absolute Gasteiger partial charge is 0.179 e. The molecule has 0 aliphatic heterocycles. The fraction of sp³-hybridized carbons (Fsp3) is 0.143. The maximum absolute atomic E-state index is 14.0. The minimum atomic E-state index is 0.645. The summed E-state index contributed by atoms with van der Waals surface area (Å²) in [7, 11) is 0. The van der Waals surface area contributed by atoms with E-state index in [2.05, 4.69) is 0 Å². The molecule has 0 spiro atoms. The molecule has 80 valence electrons. The van der Waals surface area contributed by atoms with Crippen molar-refractivity contribution < 1.29 is 4.48 Å². The molecule has 0 fully saturated rings. The monoisotopic (exact) mass is 213 g/mol. The lowest BCUT2D eigenvalue weighted by Gasteiger charge is -1.94. The molecule has 1 aromatic heterocycles. The molecular weight excluding hydrogens is 201 g/mol. The minimum Gasteiger partial charge on any atom is -0.179 e. The summed E-state index contributed by atoms with van der Waals surface area (Å²) in [6.07, 6.45) is 0. The Morgan fingerprint density at radius 2 is 1.25 bits per heavy atom. The van der Waals surface area contributed by atoms with E-state index in [-0.39, 0.29) is 0 Å². The number of hydrogen-bond donors (Lipinski definition) is 0. The van der Waals surface area contributed by atoms with Gasteiger partial charge in [-0.05, 0) is 38.1 Å². The van der Waals surface area contributed by atoms with Gasteiger partial charge in [0.1, 0.15) is 0 Å². The summed E-state index contributed by atoms with van der Waals surface area (Å²) in [6, 6.07) is 11.6. The molecular formula is C14H12FN. The van der Waals surface area contributed by atoms with Gasteiger partial charge in [-0.1, -0.05) is 27.7 Å². The zero-order valence-corrected chi connectivity index (χ0v) is 9.29. The Morgan fingerprint density at radius 3 is 1.69 bits per heavy atom. The van der Waals surface area contributed by atoms with Gasteiger partial charge in [0.2, 0.25) is 0 Å².